The monoisotopic (exact) mass is 196 g/mol. The first kappa shape index (κ1) is 8.65. The van der Waals surface area contributed by atoms with Crippen molar-refractivity contribution in [2.45, 2.75) is 19.8 Å². The molecule has 0 atom stereocenters. The molecule has 2 N–H and O–H groups in total. The van der Waals surface area contributed by atoms with Gasteiger partial charge in [0.05, 0.1) is 11.9 Å². The van der Waals surface area contributed by atoms with Crippen molar-refractivity contribution in [2.24, 2.45) is 5.73 Å². The first-order valence-electron chi connectivity index (χ1n) is 4.37. The summed E-state index contributed by atoms with van der Waals surface area (Å²) in [4.78, 5) is 5.38. The van der Waals surface area contributed by atoms with E-state index in [1.807, 2.05) is 10.7 Å². The lowest BCUT2D eigenvalue weighted by Crippen LogP contribution is -2.02. The molecule has 2 rings (SSSR count). The molecule has 0 fully saturated rings. The Morgan fingerprint density at radius 3 is 3.08 bits per heavy atom. The van der Waals surface area contributed by atoms with Gasteiger partial charge in [-0.15, -0.1) is 0 Å². The second-order valence-electron chi connectivity index (χ2n) is 2.85. The zero-order valence-electron chi connectivity index (χ0n) is 7.53. The van der Waals surface area contributed by atoms with Gasteiger partial charge in [-0.05, 0) is 13.0 Å². The second kappa shape index (κ2) is 3.43. The van der Waals surface area contributed by atoms with Gasteiger partial charge in [-0.1, -0.05) is 18.3 Å². The summed E-state index contributed by atoms with van der Waals surface area (Å²) < 4.78 is 1.84. The number of hydrogen-bond donors (Lipinski definition) is 1. The van der Waals surface area contributed by atoms with Crippen LogP contribution in [-0.2, 0) is 12.8 Å². The average molecular weight is 196 g/mol. The summed E-state index contributed by atoms with van der Waals surface area (Å²) in [5, 5.41) is 5.49. The molecule has 0 aliphatic rings. The van der Waals surface area contributed by atoms with E-state index < -0.39 is 0 Å². The molecule has 0 unspecified atom stereocenters. The molecule has 4 nitrogen and oxygen atoms in total. The number of aryl methyl sites for hydroxylation is 1. The van der Waals surface area contributed by atoms with Gasteiger partial charge >= 0.3 is 0 Å². The molecule has 0 bridgehead atoms. The van der Waals surface area contributed by atoms with Crippen LogP contribution in [-0.4, -0.2) is 21.1 Å². The van der Waals surface area contributed by atoms with Crippen molar-refractivity contribution in [2.75, 3.05) is 6.54 Å². The lowest BCUT2D eigenvalue weighted by Gasteiger charge is -1.87. The quantitative estimate of drug-likeness (QED) is 0.792. The summed E-state index contributed by atoms with van der Waals surface area (Å²) in [7, 11) is 0. The summed E-state index contributed by atoms with van der Waals surface area (Å²) in [5.41, 5.74) is 6.47. The Morgan fingerprint density at radius 1 is 1.62 bits per heavy atom. The third kappa shape index (κ3) is 1.57. The number of aromatic nitrogens is 3. The minimum Gasteiger partial charge on any atom is -0.330 e. The van der Waals surface area contributed by atoms with Crippen LogP contribution in [0, 0.1) is 0 Å². The molecule has 0 spiro atoms. The van der Waals surface area contributed by atoms with Crippen LogP contribution in [0.5, 0.6) is 0 Å². The van der Waals surface area contributed by atoms with Crippen LogP contribution in [0.25, 0.3) is 4.96 Å². The number of imidazole rings is 1. The molecule has 2 aromatic rings. The number of nitrogens with zero attached hydrogens (tertiary/aromatic N) is 3. The van der Waals surface area contributed by atoms with Crippen molar-refractivity contribution in [3.63, 3.8) is 0 Å². The van der Waals surface area contributed by atoms with E-state index in [9.17, 15) is 0 Å². The maximum atomic E-state index is 5.44. The highest BCUT2D eigenvalue weighted by atomic mass is 32.1. The largest absolute Gasteiger partial charge is 0.330 e. The average Bonchev–Trinajstić information content (AvgIpc) is 2.61. The van der Waals surface area contributed by atoms with Gasteiger partial charge in [0, 0.05) is 6.42 Å². The highest BCUT2D eigenvalue weighted by Gasteiger charge is 2.05. The maximum Gasteiger partial charge on any atom is 0.212 e. The smallest absolute Gasteiger partial charge is 0.212 e. The Balaban J connectivity index is 2.36. The zero-order valence-corrected chi connectivity index (χ0v) is 8.34. The fourth-order valence-electron chi connectivity index (χ4n) is 1.20. The van der Waals surface area contributed by atoms with Crippen molar-refractivity contribution in [3.05, 3.63) is 16.9 Å². The second-order valence-corrected chi connectivity index (χ2v) is 3.89. The van der Waals surface area contributed by atoms with Gasteiger partial charge in [-0.2, -0.15) is 5.10 Å². The van der Waals surface area contributed by atoms with Gasteiger partial charge in [-0.25, -0.2) is 9.50 Å². The highest BCUT2D eigenvalue weighted by Crippen LogP contribution is 2.14. The van der Waals surface area contributed by atoms with Crippen molar-refractivity contribution >= 4 is 16.3 Å². The molecular formula is C8H12N4S. The van der Waals surface area contributed by atoms with Crippen LogP contribution >= 0.6 is 11.3 Å². The number of hydrogen-bond acceptors (Lipinski definition) is 4. The zero-order chi connectivity index (χ0) is 9.26. The molecule has 0 saturated heterocycles. The number of nitrogens with two attached hydrogens (primary N) is 1. The van der Waals surface area contributed by atoms with E-state index in [4.69, 9.17) is 5.73 Å². The molecule has 5 heteroatoms. The van der Waals surface area contributed by atoms with E-state index in [1.165, 1.54) is 0 Å². The van der Waals surface area contributed by atoms with Gasteiger partial charge in [0.2, 0.25) is 4.96 Å². The van der Waals surface area contributed by atoms with Crippen LogP contribution in [0.3, 0.4) is 0 Å². The molecule has 0 aliphatic heterocycles. The molecule has 0 saturated carbocycles. The van der Waals surface area contributed by atoms with Gasteiger partial charge in [0.15, 0.2) is 0 Å². The lowest BCUT2D eigenvalue weighted by molar-refractivity contribution is 0.895. The molecule has 0 aromatic carbocycles. The van der Waals surface area contributed by atoms with Crippen molar-refractivity contribution in [3.8, 4) is 0 Å². The van der Waals surface area contributed by atoms with Gasteiger partial charge in [0.1, 0.15) is 5.01 Å². The van der Waals surface area contributed by atoms with Crippen LogP contribution in [0.4, 0.5) is 0 Å². The highest BCUT2D eigenvalue weighted by molar-refractivity contribution is 7.16. The van der Waals surface area contributed by atoms with E-state index in [0.717, 1.165) is 28.5 Å². The Morgan fingerprint density at radius 2 is 2.46 bits per heavy atom. The molecule has 2 heterocycles. The first-order valence-corrected chi connectivity index (χ1v) is 5.19. The fraction of sp³-hybridized carbons (Fsp3) is 0.500. The summed E-state index contributed by atoms with van der Waals surface area (Å²) in [6, 6.07) is 0. The van der Waals surface area contributed by atoms with E-state index in [1.54, 1.807) is 11.3 Å². The van der Waals surface area contributed by atoms with Crippen LogP contribution in [0.15, 0.2) is 6.20 Å². The van der Waals surface area contributed by atoms with Crippen molar-refractivity contribution in [1.82, 2.24) is 14.6 Å². The predicted molar refractivity (Wildman–Crippen MR) is 53.0 cm³/mol. The molecule has 0 amide bonds. The Bertz CT molecular complexity index is 372. The maximum absolute atomic E-state index is 5.44. The Kier molecular flexibility index (Phi) is 2.28. The molecular weight excluding hydrogens is 184 g/mol. The summed E-state index contributed by atoms with van der Waals surface area (Å²) in [6.07, 6.45) is 3.76. The van der Waals surface area contributed by atoms with Gasteiger partial charge in [-0.3, -0.25) is 0 Å². The third-order valence-electron chi connectivity index (χ3n) is 1.84. The summed E-state index contributed by atoms with van der Waals surface area (Å²) in [5.74, 6) is 0. The Labute approximate surface area is 80.4 Å². The SMILES string of the molecule is CCc1nn2cc(CCN)nc2s1. The summed E-state index contributed by atoms with van der Waals surface area (Å²) >= 11 is 1.64. The number of fused-ring (bicyclic) bond motifs is 1. The first-order chi connectivity index (χ1) is 6.33. The van der Waals surface area contributed by atoms with Crippen LogP contribution in [0.2, 0.25) is 0 Å². The predicted octanol–water partition coefficient (Wildman–Crippen LogP) is 0.854. The minimum absolute atomic E-state index is 0.644. The molecule has 0 radical (unpaired) electrons. The van der Waals surface area contributed by atoms with Crippen molar-refractivity contribution < 1.29 is 0 Å². The fourth-order valence-corrected chi connectivity index (χ4v) is 2.03. The van der Waals surface area contributed by atoms with Gasteiger partial charge in [0.25, 0.3) is 0 Å². The van der Waals surface area contributed by atoms with E-state index in [2.05, 4.69) is 17.0 Å². The van der Waals surface area contributed by atoms with Crippen LogP contribution in [0.1, 0.15) is 17.6 Å². The minimum atomic E-state index is 0.644. The lowest BCUT2D eigenvalue weighted by atomic mass is 10.3. The van der Waals surface area contributed by atoms with Crippen molar-refractivity contribution in [1.29, 1.82) is 0 Å². The standard InChI is InChI=1S/C8H12N4S/c1-2-7-11-12-5-6(3-4-9)10-8(12)13-7/h5H,2-4,9H2,1H3. The number of rotatable bonds is 3. The third-order valence-corrected chi connectivity index (χ3v) is 2.90. The Hall–Kier alpha value is -0.940. The van der Waals surface area contributed by atoms with Crippen LogP contribution < -0.4 is 5.73 Å². The molecule has 2 aromatic heterocycles. The normalized spacial score (nSPS) is 11.2. The van der Waals surface area contributed by atoms with E-state index in [-0.39, 0.29) is 0 Å². The molecule has 0 aliphatic carbocycles. The summed E-state index contributed by atoms with van der Waals surface area (Å²) in [6.45, 7) is 2.74. The van der Waals surface area contributed by atoms with Gasteiger partial charge < -0.3 is 5.73 Å². The topological polar surface area (TPSA) is 56.2 Å². The molecule has 13 heavy (non-hydrogen) atoms. The molecule has 70 valence electrons. The van der Waals surface area contributed by atoms with E-state index >= 15 is 0 Å². The van der Waals surface area contributed by atoms with E-state index in [0.29, 0.717) is 6.54 Å².